The second-order valence-corrected chi connectivity index (χ2v) is 6.71. The molecule has 0 aliphatic rings. The molecule has 0 bridgehead atoms. The first-order chi connectivity index (χ1) is 13.2. The van der Waals surface area contributed by atoms with E-state index < -0.39 is 5.95 Å². The number of aromatic hydroxyl groups is 1. The molecule has 0 amide bonds. The van der Waals surface area contributed by atoms with E-state index in [1.165, 1.54) is 31.9 Å². The van der Waals surface area contributed by atoms with Crippen molar-refractivity contribution in [1.29, 1.82) is 0 Å². The van der Waals surface area contributed by atoms with Crippen molar-refractivity contribution in [1.82, 2.24) is 9.97 Å². The summed E-state index contributed by atoms with van der Waals surface area (Å²) in [6.07, 6.45) is 8.44. The number of rotatable bonds is 9. The molecule has 142 valence electrons. The third-order valence-corrected chi connectivity index (χ3v) is 4.55. The van der Waals surface area contributed by atoms with Gasteiger partial charge in [-0.1, -0.05) is 51.2 Å². The first-order valence-corrected chi connectivity index (χ1v) is 9.56. The summed E-state index contributed by atoms with van der Waals surface area (Å²) in [5, 5.41) is 10.5. The lowest BCUT2D eigenvalue weighted by molar-refractivity contribution is 0.290. The zero-order valence-corrected chi connectivity index (χ0v) is 15.6. The summed E-state index contributed by atoms with van der Waals surface area (Å²) in [7, 11) is 0. The Balaban J connectivity index is 1.66. The summed E-state index contributed by atoms with van der Waals surface area (Å²) < 4.78 is 20.1. The summed E-state index contributed by atoms with van der Waals surface area (Å²) in [6.45, 7) is 2.76. The number of pyridine rings is 2. The highest BCUT2D eigenvalue weighted by Crippen LogP contribution is 2.27. The molecule has 1 N–H and O–H groups in total. The first-order valence-electron chi connectivity index (χ1n) is 9.56. The molecule has 3 aromatic rings. The van der Waals surface area contributed by atoms with E-state index >= 15 is 0 Å². The van der Waals surface area contributed by atoms with Crippen molar-refractivity contribution < 1.29 is 14.2 Å². The number of halogens is 1. The van der Waals surface area contributed by atoms with Crippen LogP contribution < -0.4 is 4.74 Å². The van der Waals surface area contributed by atoms with Crippen LogP contribution in [-0.2, 0) is 0 Å². The van der Waals surface area contributed by atoms with E-state index in [4.69, 9.17) is 4.74 Å². The van der Waals surface area contributed by atoms with E-state index in [1.807, 2.05) is 12.1 Å². The minimum atomic E-state index is -0.550. The van der Waals surface area contributed by atoms with Gasteiger partial charge in [0.1, 0.15) is 5.75 Å². The molecule has 5 heteroatoms. The molecule has 3 rings (SSSR count). The predicted octanol–water partition coefficient (Wildman–Crippen LogP) is 5.88. The standard InChI is InChI=1S/C22H25FN2O2/c1-2-3-4-5-6-7-12-27-21-14-16-8-9-17(13-19(16)22(23)25-21)20-11-10-18(26)15-24-20/h8-11,13-15,26H,2-7,12H2,1H3. The molecule has 0 aliphatic carbocycles. The molecule has 27 heavy (non-hydrogen) atoms. The van der Waals surface area contributed by atoms with Crippen molar-refractivity contribution in [2.75, 3.05) is 6.61 Å². The van der Waals surface area contributed by atoms with Crippen LogP contribution in [0.25, 0.3) is 22.0 Å². The highest BCUT2D eigenvalue weighted by atomic mass is 19.1. The molecule has 0 radical (unpaired) electrons. The van der Waals surface area contributed by atoms with Gasteiger partial charge in [-0.25, -0.2) is 0 Å². The van der Waals surface area contributed by atoms with Crippen LogP contribution in [0.15, 0.2) is 42.6 Å². The van der Waals surface area contributed by atoms with E-state index in [1.54, 1.807) is 24.3 Å². The van der Waals surface area contributed by atoms with Crippen LogP contribution >= 0.6 is 0 Å². The Morgan fingerprint density at radius 1 is 1.00 bits per heavy atom. The number of nitrogens with zero attached hydrogens (tertiary/aromatic N) is 2. The zero-order valence-electron chi connectivity index (χ0n) is 15.6. The minimum absolute atomic E-state index is 0.0968. The summed E-state index contributed by atoms with van der Waals surface area (Å²) in [4.78, 5) is 8.11. The van der Waals surface area contributed by atoms with Crippen LogP contribution in [0.4, 0.5) is 4.39 Å². The maximum Gasteiger partial charge on any atom is 0.224 e. The van der Waals surface area contributed by atoms with E-state index in [0.29, 0.717) is 23.6 Å². The molecule has 0 fully saturated rings. The average Bonchev–Trinajstić information content (AvgIpc) is 2.68. The van der Waals surface area contributed by atoms with Crippen LogP contribution in [0.2, 0.25) is 0 Å². The second kappa shape index (κ2) is 9.31. The summed E-state index contributed by atoms with van der Waals surface area (Å²) in [6, 6.07) is 10.4. The maximum atomic E-state index is 14.5. The predicted molar refractivity (Wildman–Crippen MR) is 105 cm³/mol. The summed E-state index contributed by atoms with van der Waals surface area (Å²) in [5.74, 6) is -0.130. The van der Waals surface area contributed by atoms with Crippen molar-refractivity contribution in [3.63, 3.8) is 0 Å². The average molecular weight is 368 g/mol. The number of benzene rings is 1. The maximum absolute atomic E-state index is 14.5. The zero-order chi connectivity index (χ0) is 19.1. The van der Waals surface area contributed by atoms with Gasteiger partial charge in [0, 0.05) is 17.0 Å². The molecule has 0 aliphatic heterocycles. The molecule has 0 atom stereocenters. The molecule has 0 saturated carbocycles. The lowest BCUT2D eigenvalue weighted by Gasteiger charge is -2.08. The van der Waals surface area contributed by atoms with Crippen LogP contribution in [0.1, 0.15) is 45.4 Å². The monoisotopic (exact) mass is 368 g/mol. The number of aromatic nitrogens is 2. The van der Waals surface area contributed by atoms with Gasteiger partial charge in [0.25, 0.3) is 0 Å². The quantitative estimate of drug-likeness (QED) is 0.378. The normalized spacial score (nSPS) is 11.0. The van der Waals surface area contributed by atoms with E-state index in [2.05, 4.69) is 16.9 Å². The fourth-order valence-electron chi connectivity index (χ4n) is 3.03. The minimum Gasteiger partial charge on any atom is -0.506 e. The van der Waals surface area contributed by atoms with Gasteiger partial charge in [-0.2, -0.15) is 9.37 Å². The Labute approximate surface area is 159 Å². The van der Waals surface area contributed by atoms with Gasteiger partial charge in [-0.05, 0) is 30.0 Å². The Bertz CT molecular complexity index is 881. The second-order valence-electron chi connectivity index (χ2n) is 6.71. The molecular weight excluding hydrogens is 343 g/mol. The number of hydrogen-bond donors (Lipinski definition) is 1. The van der Waals surface area contributed by atoms with Gasteiger partial charge in [-0.15, -0.1) is 0 Å². The number of ether oxygens (including phenoxy) is 1. The van der Waals surface area contributed by atoms with Crippen LogP contribution in [-0.4, -0.2) is 21.7 Å². The third-order valence-electron chi connectivity index (χ3n) is 4.55. The smallest absolute Gasteiger partial charge is 0.224 e. The van der Waals surface area contributed by atoms with Crippen LogP contribution in [0, 0.1) is 5.95 Å². The Morgan fingerprint density at radius 3 is 2.59 bits per heavy atom. The highest BCUT2D eigenvalue weighted by molar-refractivity contribution is 5.87. The molecule has 0 unspecified atom stereocenters. The topological polar surface area (TPSA) is 55.2 Å². The molecule has 4 nitrogen and oxygen atoms in total. The highest BCUT2D eigenvalue weighted by Gasteiger charge is 2.09. The van der Waals surface area contributed by atoms with E-state index in [9.17, 15) is 9.50 Å². The van der Waals surface area contributed by atoms with Gasteiger partial charge in [0.2, 0.25) is 11.8 Å². The van der Waals surface area contributed by atoms with E-state index in [0.717, 1.165) is 23.8 Å². The molecule has 2 aromatic heterocycles. The lowest BCUT2D eigenvalue weighted by Crippen LogP contribution is -2.00. The Hall–Kier alpha value is -2.69. The molecular formula is C22H25FN2O2. The Morgan fingerprint density at radius 2 is 1.81 bits per heavy atom. The van der Waals surface area contributed by atoms with Gasteiger partial charge in [-0.3, -0.25) is 4.98 Å². The van der Waals surface area contributed by atoms with Gasteiger partial charge in [0.05, 0.1) is 18.5 Å². The van der Waals surface area contributed by atoms with Gasteiger partial charge >= 0.3 is 0 Å². The summed E-state index contributed by atoms with van der Waals surface area (Å²) >= 11 is 0. The number of hydrogen-bond acceptors (Lipinski definition) is 4. The van der Waals surface area contributed by atoms with Crippen molar-refractivity contribution in [3.05, 3.63) is 48.5 Å². The fraction of sp³-hybridized carbons (Fsp3) is 0.364. The number of fused-ring (bicyclic) bond motifs is 1. The lowest BCUT2D eigenvalue weighted by atomic mass is 10.1. The van der Waals surface area contributed by atoms with Gasteiger partial charge < -0.3 is 9.84 Å². The largest absolute Gasteiger partial charge is 0.506 e. The van der Waals surface area contributed by atoms with E-state index in [-0.39, 0.29) is 5.75 Å². The fourth-order valence-corrected chi connectivity index (χ4v) is 3.03. The Kier molecular flexibility index (Phi) is 6.58. The molecule has 0 saturated heterocycles. The van der Waals surface area contributed by atoms with Crippen molar-refractivity contribution >= 4 is 10.8 Å². The van der Waals surface area contributed by atoms with Gasteiger partial charge in [0.15, 0.2) is 0 Å². The van der Waals surface area contributed by atoms with Crippen molar-refractivity contribution in [3.8, 4) is 22.9 Å². The van der Waals surface area contributed by atoms with Crippen LogP contribution in [0.5, 0.6) is 11.6 Å². The SMILES string of the molecule is CCCCCCCCOc1cc2ccc(-c3ccc(O)cn3)cc2c(F)n1. The van der Waals surface area contributed by atoms with Crippen LogP contribution in [0.3, 0.4) is 0 Å². The third kappa shape index (κ3) is 5.16. The van der Waals surface area contributed by atoms with Crippen molar-refractivity contribution in [2.24, 2.45) is 0 Å². The molecule has 2 heterocycles. The first kappa shape index (κ1) is 19.1. The van der Waals surface area contributed by atoms with Crippen molar-refractivity contribution in [2.45, 2.75) is 45.4 Å². The summed E-state index contributed by atoms with van der Waals surface area (Å²) in [5.41, 5.74) is 1.43. The molecule has 1 aromatic carbocycles. The molecule has 0 spiro atoms. The number of unbranched alkanes of at least 4 members (excludes halogenated alkanes) is 5.